The number of ether oxygens (including phenoxy) is 1. The molecule has 0 aromatic heterocycles. The summed E-state index contributed by atoms with van der Waals surface area (Å²) in [5, 5.41) is 20.5. The fourth-order valence-corrected chi connectivity index (χ4v) is 6.30. The van der Waals surface area contributed by atoms with Gasteiger partial charge in [0.05, 0.1) is 19.3 Å². The van der Waals surface area contributed by atoms with Crippen LogP contribution >= 0.6 is 0 Å². The molecule has 0 saturated heterocycles. The van der Waals surface area contributed by atoms with Crippen molar-refractivity contribution >= 4 is 0 Å². The third kappa shape index (κ3) is 2.78. The fraction of sp³-hybridized carbons (Fsp3) is 0.714. The molecule has 0 bridgehead atoms. The van der Waals surface area contributed by atoms with Gasteiger partial charge in [-0.2, -0.15) is 0 Å². The molecule has 138 valence electrons. The molecule has 6 atom stereocenters. The average molecular weight is 348 g/mol. The van der Waals surface area contributed by atoms with E-state index in [2.05, 4.69) is 13.0 Å². The van der Waals surface area contributed by atoms with Crippen LogP contribution in [0.25, 0.3) is 0 Å². The number of aryl methyl sites for hydroxylation is 1. The lowest BCUT2D eigenvalue weighted by Crippen LogP contribution is -2.49. The van der Waals surface area contributed by atoms with Crippen LogP contribution < -0.4 is 0 Å². The Balaban J connectivity index is 1.70. The first kappa shape index (κ1) is 17.3. The molecule has 3 aliphatic rings. The van der Waals surface area contributed by atoms with Crippen LogP contribution in [0.4, 0.5) is 4.39 Å². The van der Waals surface area contributed by atoms with Crippen LogP contribution in [-0.4, -0.2) is 36.2 Å². The zero-order valence-electron chi connectivity index (χ0n) is 15.0. The molecular formula is C21H29FO3. The summed E-state index contributed by atoms with van der Waals surface area (Å²) in [5.74, 6) is 2.12. The quantitative estimate of drug-likeness (QED) is 0.813. The third-order valence-corrected chi connectivity index (χ3v) is 7.33. The highest BCUT2D eigenvalue weighted by Gasteiger charge is 2.57. The van der Waals surface area contributed by atoms with E-state index in [0.717, 1.165) is 32.1 Å². The van der Waals surface area contributed by atoms with Gasteiger partial charge in [0.1, 0.15) is 12.4 Å². The van der Waals surface area contributed by atoms with Crippen LogP contribution in [0.3, 0.4) is 0 Å². The topological polar surface area (TPSA) is 49.7 Å². The van der Waals surface area contributed by atoms with E-state index < -0.39 is 6.67 Å². The summed E-state index contributed by atoms with van der Waals surface area (Å²) in [7, 11) is 0. The van der Waals surface area contributed by atoms with Crippen LogP contribution in [0.5, 0.6) is 5.75 Å². The van der Waals surface area contributed by atoms with E-state index in [4.69, 9.17) is 4.74 Å². The summed E-state index contributed by atoms with van der Waals surface area (Å²) in [4.78, 5) is 0. The fourth-order valence-electron chi connectivity index (χ4n) is 6.30. The molecule has 2 saturated carbocycles. The van der Waals surface area contributed by atoms with Crippen molar-refractivity contribution in [2.45, 2.75) is 51.0 Å². The molecule has 3 aliphatic carbocycles. The first-order valence-electron chi connectivity index (χ1n) is 9.68. The molecule has 4 heteroatoms. The van der Waals surface area contributed by atoms with E-state index in [1.165, 1.54) is 11.1 Å². The van der Waals surface area contributed by atoms with Gasteiger partial charge in [-0.15, -0.1) is 0 Å². The number of hydrogen-bond donors (Lipinski definition) is 2. The molecule has 2 fully saturated rings. The maximum Gasteiger partial charge on any atom is 0.115 e. The number of phenolic OH excluding ortho intramolecular Hbond substituents is 1. The largest absolute Gasteiger partial charge is 0.508 e. The molecular weight excluding hydrogens is 319 g/mol. The molecule has 1 aromatic rings. The predicted molar refractivity (Wildman–Crippen MR) is 94.4 cm³/mol. The Labute approximate surface area is 149 Å². The van der Waals surface area contributed by atoms with Crippen molar-refractivity contribution in [2.75, 3.05) is 19.9 Å². The second kappa shape index (κ2) is 6.55. The molecule has 25 heavy (non-hydrogen) atoms. The van der Waals surface area contributed by atoms with Crippen molar-refractivity contribution in [3.8, 4) is 5.75 Å². The van der Waals surface area contributed by atoms with Gasteiger partial charge in [0.15, 0.2) is 0 Å². The summed E-state index contributed by atoms with van der Waals surface area (Å²) in [6.45, 7) is 2.51. The van der Waals surface area contributed by atoms with Crippen molar-refractivity contribution in [3.63, 3.8) is 0 Å². The Bertz CT molecular complexity index is 634. The summed E-state index contributed by atoms with van der Waals surface area (Å²) in [5.41, 5.74) is 2.55. The lowest BCUT2D eigenvalue weighted by molar-refractivity contribution is -0.0679. The Morgan fingerprint density at radius 2 is 2.12 bits per heavy atom. The lowest BCUT2D eigenvalue weighted by atomic mass is 9.52. The number of halogens is 1. The number of aliphatic hydroxyl groups is 1. The summed E-state index contributed by atoms with van der Waals surface area (Å²) >= 11 is 0. The Kier molecular flexibility index (Phi) is 4.53. The molecule has 1 unspecified atom stereocenters. The molecule has 0 aliphatic heterocycles. The molecule has 0 heterocycles. The maximum absolute atomic E-state index is 12.5. The number of alkyl halides is 1. The van der Waals surface area contributed by atoms with E-state index >= 15 is 0 Å². The highest BCUT2D eigenvalue weighted by atomic mass is 19.1. The highest BCUT2D eigenvalue weighted by Crippen LogP contribution is 2.62. The van der Waals surface area contributed by atoms with Crippen LogP contribution in [0.15, 0.2) is 18.2 Å². The Hall–Kier alpha value is -1.13. The summed E-state index contributed by atoms with van der Waals surface area (Å²) < 4.78 is 18.2. The van der Waals surface area contributed by atoms with Crippen molar-refractivity contribution in [2.24, 2.45) is 23.2 Å². The van der Waals surface area contributed by atoms with Gasteiger partial charge in [0.25, 0.3) is 0 Å². The van der Waals surface area contributed by atoms with E-state index in [0.29, 0.717) is 36.0 Å². The van der Waals surface area contributed by atoms with Gasteiger partial charge in [-0.25, -0.2) is 4.39 Å². The van der Waals surface area contributed by atoms with Crippen molar-refractivity contribution in [1.29, 1.82) is 0 Å². The number of aromatic hydroxyl groups is 1. The normalized spacial score (nSPS) is 39.6. The molecule has 1 aromatic carbocycles. The second-order valence-corrected chi connectivity index (χ2v) is 8.54. The number of benzene rings is 1. The minimum absolute atomic E-state index is 0.0423. The van der Waals surface area contributed by atoms with Crippen LogP contribution in [0.1, 0.15) is 49.7 Å². The van der Waals surface area contributed by atoms with Gasteiger partial charge >= 0.3 is 0 Å². The molecule has 0 radical (unpaired) electrons. The van der Waals surface area contributed by atoms with E-state index in [1.54, 1.807) is 6.07 Å². The first-order chi connectivity index (χ1) is 12.0. The maximum atomic E-state index is 12.5. The minimum Gasteiger partial charge on any atom is -0.508 e. The van der Waals surface area contributed by atoms with E-state index in [1.807, 2.05) is 6.07 Å². The average Bonchev–Trinajstić information content (AvgIpc) is 2.89. The predicted octanol–water partition coefficient (Wildman–Crippen LogP) is 3.82. The SMILES string of the molecule is C[C@]12C[C@H](COCCF)[C@@H]3c4ccc(O)cc4CC[C@H]3[C@@H]1CCC2O. The van der Waals surface area contributed by atoms with Crippen LogP contribution in [-0.2, 0) is 11.2 Å². The number of fused-ring (bicyclic) bond motifs is 5. The highest BCUT2D eigenvalue weighted by molar-refractivity contribution is 5.40. The zero-order valence-corrected chi connectivity index (χ0v) is 15.0. The molecule has 4 rings (SSSR count). The van der Waals surface area contributed by atoms with Crippen molar-refractivity contribution in [1.82, 2.24) is 0 Å². The molecule has 0 amide bonds. The van der Waals surface area contributed by atoms with Crippen LogP contribution in [0, 0.1) is 23.2 Å². The van der Waals surface area contributed by atoms with Gasteiger partial charge in [0.2, 0.25) is 0 Å². The standard InChI is InChI=1S/C21H29FO3/c1-21-11-14(12-25-9-8-22)20-16-5-3-15(23)10-13(16)2-4-17(20)18(21)6-7-19(21)24/h3,5,10,14,17-20,23-24H,2,4,6-9,11-12H2,1H3/t14-,17+,18+,19?,20-,21+/m1/s1. The van der Waals surface area contributed by atoms with Gasteiger partial charge in [-0.3, -0.25) is 0 Å². The first-order valence-corrected chi connectivity index (χ1v) is 9.68. The van der Waals surface area contributed by atoms with Crippen molar-refractivity contribution in [3.05, 3.63) is 29.3 Å². The zero-order chi connectivity index (χ0) is 17.6. The number of phenols is 1. The number of aliphatic hydroxyl groups excluding tert-OH is 1. The third-order valence-electron chi connectivity index (χ3n) is 7.33. The monoisotopic (exact) mass is 348 g/mol. The second-order valence-electron chi connectivity index (χ2n) is 8.54. The van der Waals surface area contributed by atoms with E-state index in [-0.39, 0.29) is 18.1 Å². The minimum atomic E-state index is -0.451. The van der Waals surface area contributed by atoms with Gasteiger partial charge in [-0.1, -0.05) is 13.0 Å². The van der Waals surface area contributed by atoms with Gasteiger partial charge < -0.3 is 14.9 Å². The van der Waals surface area contributed by atoms with E-state index in [9.17, 15) is 14.6 Å². The Morgan fingerprint density at radius 1 is 1.28 bits per heavy atom. The van der Waals surface area contributed by atoms with Crippen LogP contribution in [0.2, 0.25) is 0 Å². The lowest BCUT2D eigenvalue weighted by Gasteiger charge is -2.53. The summed E-state index contributed by atoms with van der Waals surface area (Å²) in [6, 6.07) is 5.78. The molecule has 3 nitrogen and oxygen atoms in total. The van der Waals surface area contributed by atoms with Gasteiger partial charge in [-0.05, 0) is 84.5 Å². The molecule has 2 N–H and O–H groups in total. The summed E-state index contributed by atoms with van der Waals surface area (Å²) in [6.07, 6.45) is 4.80. The van der Waals surface area contributed by atoms with Gasteiger partial charge in [0, 0.05) is 0 Å². The molecule has 0 spiro atoms. The number of hydrogen-bond acceptors (Lipinski definition) is 3. The smallest absolute Gasteiger partial charge is 0.115 e. The van der Waals surface area contributed by atoms with Crippen molar-refractivity contribution < 1.29 is 19.3 Å². The Morgan fingerprint density at radius 3 is 2.92 bits per heavy atom. The number of rotatable bonds is 4.